The van der Waals surface area contributed by atoms with Gasteiger partial charge in [-0.25, -0.2) is 0 Å². The molecule has 0 atom stereocenters. The lowest BCUT2D eigenvalue weighted by atomic mass is 9.89. The van der Waals surface area contributed by atoms with Gasteiger partial charge in [0, 0.05) is 0 Å². The molecule has 1 saturated carbocycles. The van der Waals surface area contributed by atoms with Crippen LogP contribution in [-0.2, 0) is 4.79 Å². The molecule has 0 aromatic heterocycles. The predicted octanol–water partition coefficient (Wildman–Crippen LogP) is 4.14. The van der Waals surface area contributed by atoms with Gasteiger partial charge in [0.25, 0.3) is 0 Å². The van der Waals surface area contributed by atoms with E-state index in [2.05, 4.69) is 20.8 Å². The highest BCUT2D eigenvalue weighted by Crippen LogP contribution is 2.44. The first-order valence-corrected chi connectivity index (χ1v) is 9.52. The monoisotopic (exact) mass is 242 g/mol. The van der Waals surface area contributed by atoms with Gasteiger partial charge in [-0.15, -0.1) is 0 Å². The first-order chi connectivity index (χ1) is 7.59. The zero-order chi connectivity index (χ0) is 12.2. The van der Waals surface area contributed by atoms with Crippen LogP contribution in [0.2, 0.25) is 23.7 Å². The third-order valence-electron chi connectivity index (χ3n) is 5.05. The number of carboxylic acids is 1. The molecule has 1 aliphatic rings. The minimum atomic E-state index is -1.07. The van der Waals surface area contributed by atoms with Crippen molar-refractivity contribution >= 4 is 14.0 Å². The number of hydrogen-bond acceptors (Lipinski definition) is 1. The molecule has 0 unspecified atom stereocenters. The highest BCUT2D eigenvalue weighted by molar-refractivity contribution is 6.81. The van der Waals surface area contributed by atoms with Crippen LogP contribution in [0.25, 0.3) is 0 Å². The molecule has 16 heavy (non-hydrogen) atoms. The molecule has 0 heterocycles. The van der Waals surface area contributed by atoms with E-state index in [0.29, 0.717) is 0 Å². The average Bonchev–Trinajstić information content (AvgIpc) is 2.33. The topological polar surface area (TPSA) is 37.3 Å². The molecule has 1 aliphatic carbocycles. The van der Waals surface area contributed by atoms with Crippen LogP contribution in [0.15, 0.2) is 0 Å². The molecular formula is C13H26O2Si. The molecule has 1 rings (SSSR count). The number of hydrogen-bond donors (Lipinski definition) is 1. The molecule has 1 fully saturated rings. The van der Waals surface area contributed by atoms with Crippen LogP contribution in [0.4, 0.5) is 0 Å². The van der Waals surface area contributed by atoms with Crippen molar-refractivity contribution in [2.75, 3.05) is 0 Å². The Balaban J connectivity index is 2.60. The number of carboxylic acid groups (broad SMARTS) is 1. The van der Waals surface area contributed by atoms with Crippen molar-refractivity contribution in [3.05, 3.63) is 0 Å². The summed E-state index contributed by atoms with van der Waals surface area (Å²) in [5.41, 5.74) is 0.892. The lowest BCUT2D eigenvalue weighted by Crippen LogP contribution is -2.40. The number of aliphatic carboxylic acids is 1. The fourth-order valence-electron chi connectivity index (χ4n) is 3.57. The van der Waals surface area contributed by atoms with Crippen molar-refractivity contribution in [3.63, 3.8) is 0 Å². The van der Waals surface area contributed by atoms with Gasteiger partial charge >= 0.3 is 5.97 Å². The van der Waals surface area contributed by atoms with Crippen LogP contribution in [0.1, 0.15) is 46.5 Å². The second kappa shape index (κ2) is 5.85. The average molecular weight is 242 g/mol. The van der Waals surface area contributed by atoms with Gasteiger partial charge in [0.05, 0.1) is 14.0 Å². The van der Waals surface area contributed by atoms with Gasteiger partial charge in [0.1, 0.15) is 0 Å². The Morgan fingerprint density at radius 3 is 1.81 bits per heavy atom. The van der Waals surface area contributed by atoms with E-state index in [1.807, 2.05) is 0 Å². The summed E-state index contributed by atoms with van der Waals surface area (Å²) >= 11 is 0. The molecule has 0 bridgehead atoms. The van der Waals surface area contributed by atoms with Crippen LogP contribution in [0.3, 0.4) is 0 Å². The summed E-state index contributed by atoms with van der Waals surface area (Å²) in [5, 5.41) is 9.01. The molecule has 0 saturated heterocycles. The zero-order valence-corrected chi connectivity index (χ0v) is 12.0. The van der Waals surface area contributed by atoms with Crippen LogP contribution in [-0.4, -0.2) is 19.1 Å². The molecule has 2 nitrogen and oxygen atoms in total. The van der Waals surface area contributed by atoms with E-state index < -0.39 is 14.0 Å². The molecular weight excluding hydrogens is 216 g/mol. The molecule has 0 aromatic rings. The van der Waals surface area contributed by atoms with Gasteiger partial charge in [0.2, 0.25) is 0 Å². The molecule has 3 heteroatoms. The first-order valence-electron chi connectivity index (χ1n) is 6.82. The van der Waals surface area contributed by atoms with E-state index in [1.165, 1.54) is 31.0 Å². The van der Waals surface area contributed by atoms with Crippen molar-refractivity contribution in [2.45, 2.75) is 70.1 Å². The van der Waals surface area contributed by atoms with Crippen LogP contribution >= 0.6 is 0 Å². The SMILES string of the molecule is CC[Si](CC)(CC)C1CCC(C(=O)O)CC1. The Hall–Kier alpha value is -0.313. The summed E-state index contributed by atoms with van der Waals surface area (Å²) in [5.74, 6) is -0.622. The highest BCUT2D eigenvalue weighted by Gasteiger charge is 2.39. The predicted molar refractivity (Wildman–Crippen MR) is 70.5 cm³/mol. The van der Waals surface area contributed by atoms with E-state index >= 15 is 0 Å². The maximum atomic E-state index is 10.9. The lowest BCUT2D eigenvalue weighted by Gasteiger charge is -2.40. The van der Waals surface area contributed by atoms with Gasteiger partial charge < -0.3 is 5.11 Å². The third-order valence-corrected chi connectivity index (χ3v) is 11.6. The van der Waals surface area contributed by atoms with Crippen LogP contribution in [0, 0.1) is 5.92 Å². The maximum Gasteiger partial charge on any atom is 0.306 e. The third kappa shape index (κ3) is 2.68. The zero-order valence-electron chi connectivity index (χ0n) is 11.0. The molecule has 0 spiro atoms. The van der Waals surface area contributed by atoms with Crippen molar-refractivity contribution in [1.82, 2.24) is 0 Å². The van der Waals surface area contributed by atoms with Crippen LogP contribution in [0.5, 0.6) is 0 Å². The van der Waals surface area contributed by atoms with E-state index in [4.69, 9.17) is 5.11 Å². The fourth-order valence-corrected chi connectivity index (χ4v) is 8.36. The van der Waals surface area contributed by atoms with Crippen LogP contribution < -0.4 is 0 Å². The van der Waals surface area contributed by atoms with Crippen molar-refractivity contribution < 1.29 is 9.90 Å². The van der Waals surface area contributed by atoms with Gasteiger partial charge in [-0.05, 0) is 18.4 Å². The summed E-state index contributed by atoms with van der Waals surface area (Å²) < 4.78 is 0. The Labute approximate surface area is 100 Å². The van der Waals surface area contributed by atoms with Crippen molar-refractivity contribution in [2.24, 2.45) is 5.92 Å². The smallest absolute Gasteiger partial charge is 0.306 e. The quantitative estimate of drug-likeness (QED) is 0.736. The molecule has 1 N–H and O–H groups in total. The Morgan fingerprint density at radius 1 is 1.06 bits per heavy atom. The standard InChI is InChI=1S/C13H26O2Si/c1-4-16(5-2,6-3)12-9-7-11(8-10-12)13(14)15/h11-12H,4-10H2,1-3H3,(H,14,15). The van der Waals surface area contributed by atoms with E-state index in [0.717, 1.165) is 18.4 Å². The minimum absolute atomic E-state index is 0.0477. The van der Waals surface area contributed by atoms with Gasteiger partial charge in [-0.2, -0.15) is 0 Å². The second-order valence-corrected chi connectivity index (χ2v) is 11.0. The highest BCUT2D eigenvalue weighted by atomic mass is 28.3. The first kappa shape index (κ1) is 13.8. The largest absolute Gasteiger partial charge is 0.481 e. The minimum Gasteiger partial charge on any atom is -0.481 e. The molecule has 0 radical (unpaired) electrons. The molecule has 0 aromatic carbocycles. The second-order valence-electron chi connectivity index (χ2n) is 5.31. The van der Waals surface area contributed by atoms with Crippen molar-refractivity contribution in [1.29, 1.82) is 0 Å². The Kier molecular flexibility index (Phi) is 5.03. The summed E-state index contributed by atoms with van der Waals surface area (Å²) in [7, 11) is -1.07. The summed E-state index contributed by atoms with van der Waals surface area (Å²) in [6, 6.07) is 4.13. The van der Waals surface area contributed by atoms with Gasteiger partial charge in [-0.1, -0.05) is 51.7 Å². The summed E-state index contributed by atoms with van der Waals surface area (Å²) in [6.07, 6.45) is 4.21. The van der Waals surface area contributed by atoms with E-state index in [-0.39, 0.29) is 5.92 Å². The summed E-state index contributed by atoms with van der Waals surface area (Å²) in [4.78, 5) is 10.9. The normalized spacial score (nSPS) is 26.7. The van der Waals surface area contributed by atoms with Gasteiger partial charge in [0.15, 0.2) is 0 Å². The Morgan fingerprint density at radius 2 is 1.50 bits per heavy atom. The fraction of sp³-hybridized carbons (Fsp3) is 0.923. The number of carbonyl (C=O) groups is 1. The molecule has 0 aliphatic heterocycles. The lowest BCUT2D eigenvalue weighted by molar-refractivity contribution is -0.142. The molecule has 94 valence electrons. The van der Waals surface area contributed by atoms with E-state index in [9.17, 15) is 4.79 Å². The number of rotatable bonds is 5. The maximum absolute atomic E-state index is 10.9. The van der Waals surface area contributed by atoms with Gasteiger partial charge in [-0.3, -0.25) is 4.79 Å². The van der Waals surface area contributed by atoms with E-state index in [1.54, 1.807) is 0 Å². The molecule has 0 amide bonds. The Bertz CT molecular complexity index is 220. The summed E-state index contributed by atoms with van der Waals surface area (Å²) in [6.45, 7) is 7.05. The van der Waals surface area contributed by atoms with Crippen molar-refractivity contribution in [3.8, 4) is 0 Å².